The molecular weight excluding hydrogens is 147 g/mol. The maximum absolute atomic E-state index is 5.49. The van der Waals surface area contributed by atoms with Gasteiger partial charge in [0.25, 0.3) is 0 Å². The highest BCUT2D eigenvalue weighted by molar-refractivity contribution is 6.08. The van der Waals surface area contributed by atoms with Crippen LogP contribution in [-0.2, 0) is 6.32 Å². The Labute approximate surface area is 72.1 Å². The third-order valence-corrected chi connectivity index (χ3v) is 1.77. The van der Waals surface area contributed by atoms with Crippen LogP contribution in [0.4, 0.5) is 0 Å². The monoisotopic (exact) mass is 154 g/mol. The van der Waals surface area contributed by atoms with Gasteiger partial charge in [0.15, 0.2) is 0 Å². The molecule has 2 aromatic rings. The van der Waals surface area contributed by atoms with E-state index < -0.39 is 0 Å². The van der Waals surface area contributed by atoms with Gasteiger partial charge in [0.05, 0.1) is 18.9 Å². The molecule has 0 bridgehead atoms. The van der Waals surface area contributed by atoms with Gasteiger partial charge in [0.2, 0.25) is 0 Å². The molecule has 1 aromatic heterocycles. The second-order valence-corrected chi connectivity index (χ2v) is 2.58. The number of nitrogens with zero attached hydrogens (tertiary/aromatic N) is 2. The molecule has 0 spiro atoms. The van der Waals surface area contributed by atoms with E-state index in [2.05, 4.69) is 9.97 Å². The van der Waals surface area contributed by atoms with Crippen LogP contribution >= 0.6 is 0 Å². The number of hydrogen-bond donors (Lipinski definition) is 0. The normalized spacial score (nSPS) is 10.3. The lowest BCUT2D eigenvalue weighted by atomic mass is 9.97. The minimum atomic E-state index is 0.548. The number of fused-ring (bicyclic) bond motifs is 1. The summed E-state index contributed by atoms with van der Waals surface area (Å²) in [5, 5.41) is 0. The molecule has 0 N–H and O–H groups in total. The van der Waals surface area contributed by atoms with Crippen LogP contribution in [0.2, 0.25) is 0 Å². The minimum Gasteiger partial charge on any atom is -0.253 e. The summed E-state index contributed by atoms with van der Waals surface area (Å²) in [6.45, 7) is 0. The second-order valence-electron chi connectivity index (χ2n) is 2.58. The van der Waals surface area contributed by atoms with Crippen molar-refractivity contribution in [1.82, 2.24) is 9.97 Å². The van der Waals surface area contributed by atoms with Crippen molar-refractivity contribution in [3.05, 3.63) is 36.2 Å². The zero-order valence-electron chi connectivity index (χ0n) is 6.57. The maximum atomic E-state index is 5.49. The molecule has 0 aliphatic carbocycles. The fourth-order valence-electron chi connectivity index (χ4n) is 1.14. The topological polar surface area (TPSA) is 25.8 Å². The zero-order valence-corrected chi connectivity index (χ0v) is 6.57. The smallest absolute Gasteiger partial charge is 0.0889 e. The first-order valence-electron chi connectivity index (χ1n) is 3.80. The molecule has 0 atom stereocenters. The molecule has 0 saturated heterocycles. The van der Waals surface area contributed by atoms with Gasteiger partial charge in [0.1, 0.15) is 0 Å². The van der Waals surface area contributed by atoms with Crippen LogP contribution in [-0.4, -0.2) is 17.8 Å². The van der Waals surface area contributed by atoms with Crippen molar-refractivity contribution >= 4 is 18.9 Å². The van der Waals surface area contributed by atoms with Crippen LogP contribution in [0.3, 0.4) is 0 Å². The summed E-state index contributed by atoms with van der Waals surface area (Å²) in [5.74, 6) is 0. The molecule has 0 aliphatic heterocycles. The van der Waals surface area contributed by atoms with E-state index in [1.165, 1.54) is 0 Å². The Morgan fingerprint density at radius 3 is 2.58 bits per heavy atom. The molecule has 0 fully saturated rings. The summed E-state index contributed by atoms with van der Waals surface area (Å²) in [5.41, 5.74) is 2.90. The van der Waals surface area contributed by atoms with Gasteiger partial charge in [-0.15, -0.1) is 0 Å². The van der Waals surface area contributed by atoms with Crippen molar-refractivity contribution in [3.8, 4) is 0 Å². The first-order chi connectivity index (χ1) is 5.90. The Kier molecular flexibility index (Phi) is 1.78. The molecule has 1 heterocycles. The number of rotatable bonds is 1. The van der Waals surface area contributed by atoms with Crippen LogP contribution in [0.25, 0.3) is 11.0 Å². The first kappa shape index (κ1) is 7.28. The van der Waals surface area contributed by atoms with Crippen molar-refractivity contribution in [2.75, 3.05) is 0 Å². The Morgan fingerprint density at radius 1 is 1.08 bits per heavy atom. The van der Waals surface area contributed by atoms with E-state index in [4.69, 9.17) is 7.85 Å². The van der Waals surface area contributed by atoms with Gasteiger partial charge in [-0.05, 0) is 12.1 Å². The van der Waals surface area contributed by atoms with Crippen LogP contribution in [0, 0.1) is 0 Å². The van der Waals surface area contributed by atoms with Crippen LogP contribution in [0.1, 0.15) is 5.56 Å². The van der Waals surface area contributed by atoms with Crippen molar-refractivity contribution < 1.29 is 0 Å². The largest absolute Gasteiger partial charge is 0.253 e. The van der Waals surface area contributed by atoms with Gasteiger partial charge in [-0.2, -0.15) is 0 Å². The molecule has 0 amide bonds. The molecule has 2 radical (unpaired) electrons. The highest BCUT2D eigenvalue weighted by Gasteiger charge is 1.94. The van der Waals surface area contributed by atoms with Crippen molar-refractivity contribution in [1.29, 1.82) is 0 Å². The molecule has 12 heavy (non-hydrogen) atoms. The van der Waals surface area contributed by atoms with E-state index >= 15 is 0 Å². The maximum Gasteiger partial charge on any atom is 0.0889 e. The van der Waals surface area contributed by atoms with Crippen LogP contribution < -0.4 is 0 Å². The minimum absolute atomic E-state index is 0.548. The molecule has 0 aliphatic rings. The van der Waals surface area contributed by atoms with E-state index in [9.17, 15) is 0 Å². The third-order valence-electron chi connectivity index (χ3n) is 1.77. The summed E-state index contributed by atoms with van der Waals surface area (Å²) in [6, 6.07) is 5.86. The zero-order chi connectivity index (χ0) is 8.39. The van der Waals surface area contributed by atoms with E-state index in [-0.39, 0.29) is 0 Å². The van der Waals surface area contributed by atoms with E-state index in [0.29, 0.717) is 6.32 Å². The lowest BCUT2D eigenvalue weighted by Crippen LogP contribution is -1.86. The van der Waals surface area contributed by atoms with Gasteiger partial charge < -0.3 is 0 Å². The Hall–Kier alpha value is -1.38. The van der Waals surface area contributed by atoms with Gasteiger partial charge in [-0.3, -0.25) is 9.97 Å². The number of hydrogen-bond acceptors (Lipinski definition) is 2. The molecule has 0 unspecified atom stereocenters. The number of aromatic nitrogens is 2. The molecule has 2 nitrogen and oxygen atoms in total. The second kappa shape index (κ2) is 2.93. The molecule has 0 saturated carbocycles. The van der Waals surface area contributed by atoms with E-state index in [1.807, 2.05) is 18.2 Å². The van der Waals surface area contributed by atoms with Gasteiger partial charge in [-0.1, -0.05) is 17.9 Å². The Balaban J connectivity index is 2.67. The highest BCUT2D eigenvalue weighted by atomic mass is 14.8. The lowest BCUT2D eigenvalue weighted by molar-refractivity contribution is 1.28. The van der Waals surface area contributed by atoms with Crippen molar-refractivity contribution in [2.24, 2.45) is 0 Å². The van der Waals surface area contributed by atoms with Crippen LogP contribution in [0.15, 0.2) is 30.6 Å². The number of benzene rings is 1. The Bertz CT molecular complexity index is 400. The van der Waals surface area contributed by atoms with Gasteiger partial charge in [-0.25, -0.2) is 0 Å². The first-order valence-corrected chi connectivity index (χ1v) is 3.80. The van der Waals surface area contributed by atoms with Gasteiger partial charge in [0, 0.05) is 12.4 Å². The van der Waals surface area contributed by atoms with Gasteiger partial charge >= 0.3 is 0 Å². The molecule has 1 aromatic carbocycles. The predicted octanol–water partition coefficient (Wildman–Crippen LogP) is 1.30. The van der Waals surface area contributed by atoms with Crippen molar-refractivity contribution in [3.63, 3.8) is 0 Å². The average Bonchev–Trinajstić information content (AvgIpc) is 2.17. The standard InChI is InChI=1S/C9H7BN2/c10-6-7-1-2-8-9(5-7)12-4-3-11-8/h1-5H,6H2. The molecule has 56 valence electrons. The summed E-state index contributed by atoms with van der Waals surface area (Å²) >= 11 is 0. The van der Waals surface area contributed by atoms with E-state index in [1.54, 1.807) is 12.4 Å². The molecule has 3 heteroatoms. The SMILES string of the molecule is [B]Cc1ccc2nccnc2c1. The third kappa shape index (κ3) is 1.18. The predicted molar refractivity (Wildman–Crippen MR) is 49.0 cm³/mol. The Morgan fingerprint density at radius 2 is 1.83 bits per heavy atom. The fourth-order valence-corrected chi connectivity index (χ4v) is 1.14. The highest BCUT2D eigenvalue weighted by Crippen LogP contribution is 2.09. The van der Waals surface area contributed by atoms with Crippen molar-refractivity contribution in [2.45, 2.75) is 6.32 Å². The summed E-state index contributed by atoms with van der Waals surface area (Å²) in [4.78, 5) is 8.33. The van der Waals surface area contributed by atoms with Crippen LogP contribution in [0.5, 0.6) is 0 Å². The quantitative estimate of drug-likeness (QED) is 0.578. The summed E-state index contributed by atoms with van der Waals surface area (Å²) < 4.78 is 0. The summed E-state index contributed by atoms with van der Waals surface area (Å²) in [7, 11) is 5.49. The summed E-state index contributed by atoms with van der Waals surface area (Å²) in [6.07, 6.45) is 3.92. The average molecular weight is 154 g/mol. The molecule has 2 rings (SSSR count). The fraction of sp³-hybridized carbons (Fsp3) is 0.111. The van der Waals surface area contributed by atoms with E-state index in [0.717, 1.165) is 16.6 Å². The lowest BCUT2D eigenvalue weighted by Gasteiger charge is -1.98. The molecular formula is C9H7BN2.